The van der Waals surface area contributed by atoms with Crippen LogP contribution in [-0.2, 0) is 21.0 Å². The lowest BCUT2D eigenvalue weighted by atomic mass is 10.00. The monoisotopic (exact) mass is 345 g/mol. The van der Waals surface area contributed by atoms with E-state index >= 15 is 0 Å². The van der Waals surface area contributed by atoms with Crippen molar-refractivity contribution in [3.8, 4) is 0 Å². The lowest BCUT2D eigenvalue weighted by molar-refractivity contribution is -0.159. The van der Waals surface area contributed by atoms with Crippen LogP contribution in [0.25, 0.3) is 0 Å². The molecule has 24 heavy (non-hydrogen) atoms. The highest BCUT2D eigenvalue weighted by molar-refractivity contribution is 7.06. The summed E-state index contributed by atoms with van der Waals surface area (Å²) in [6.45, 7) is -0.0402. The van der Waals surface area contributed by atoms with Crippen LogP contribution in [0.1, 0.15) is 53.2 Å². The van der Waals surface area contributed by atoms with Crippen molar-refractivity contribution in [1.29, 1.82) is 0 Å². The Morgan fingerprint density at radius 1 is 1.29 bits per heavy atom. The first-order valence-electron chi connectivity index (χ1n) is 8.17. The summed E-state index contributed by atoms with van der Waals surface area (Å²) in [5, 5.41) is 0. The number of hydrogen-bond donors (Lipinski definition) is 0. The first-order valence-corrected chi connectivity index (χ1v) is 8.94. The smallest absolute Gasteiger partial charge is 0.341 e. The van der Waals surface area contributed by atoms with Crippen molar-refractivity contribution in [2.24, 2.45) is 0 Å². The van der Waals surface area contributed by atoms with E-state index in [9.17, 15) is 9.59 Å². The van der Waals surface area contributed by atoms with E-state index in [-0.39, 0.29) is 12.3 Å². The Morgan fingerprint density at radius 2 is 2.04 bits per heavy atom. The third-order valence-corrected chi connectivity index (χ3v) is 6.26. The molecule has 0 radical (unpaired) electrons. The molecule has 0 spiro atoms. The summed E-state index contributed by atoms with van der Waals surface area (Å²) in [7, 11) is 1.47. The highest BCUT2D eigenvalue weighted by atomic mass is 32.1. The number of ether oxygens (including phenoxy) is 2. The summed E-state index contributed by atoms with van der Waals surface area (Å²) in [6.07, 6.45) is 2.64. The molecule has 1 fully saturated rings. The lowest BCUT2D eigenvalue weighted by Gasteiger charge is -2.14. The Hall–Kier alpha value is -1.92. The molecule has 3 atom stereocenters. The first-order chi connectivity index (χ1) is 11.7. The van der Waals surface area contributed by atoms with Gasteiger partial charge in [0.1, 0.15) is 0 Å². The van der Waals surface area contributed by atoms with Crippen LogP contribution in [0.2, 0.25) is 0 Å². The largest absolute Gasteiger partial charge is 0.441 e. The van der Waals surface area contributed by atoms with E-state index in [4.69, 9.17) is 9.47 Å². The molecule has 0 amide bonds. The number of fused-ring (bicyclic) bond motifs is 5. The van der Waals surface area contributed by atoms with Crippen molar-refractivity contribution in [1.82, 2.24) is 3.96 Å². The Bertz CT molecular complexity index is 810. The van der Waals surface area contributed by atoms with Gasteiger partial charge in [0.15, 0.2) is 12.8 Å². The van der Waals surface area contributed by atoms with Crippen molar-refractivity contribution in [2.45, 2.75) is 43.9 Å². The Kier molecular flexibility index (Phi) is 4.02. The minimum Gasteiger partial charge on any atom is -0.441 e. The number of hydrogen-bond acceptors (Lipinski definition) is 5. The molecule has 126 valence electrons. The van der Waals surface area contributed by atoms with Gasteiger partial charge in [0.05, 0.1) is 0 Å². The van der Waals surface area contributed by atoms with Crippen molar-refractivity contribution in [3.05, 3.63) is 56.7 Å². The van der Waals surface area contributed by atoms with Crippen LogP contribution in [0.15, 0.2) is 35.1 Å². The molecule has 1 heterocycles. The van der Waals surface area contributed by atoms with Crippen molar-refractivity contribution < 1.29 is 14.3 Å². The summed E-state index contributed by atoms with van der Waals surface area (Å²) >= 11 is 1.45. The fraction of sp³-hybridized carbons (Fsp3) is 0.444. The van der Waals surface area contributed by atoms with E-state index in [1.54, 1.807) is 3.96 Å². The van der Waals surface area contributed by atoms with Crippen LogP contribution in [0.5, 0.6) is 0 Å². The van der Waals surface area contributed by atoms with Crippen molar-refractivity contribution in [3.63, 3.8) is 0 Å². The molecule has 2 aromatic rings. The van der Waals surface area contributed by atoms with E-state index in [1.807, 2.05) is 30.3 Å². The van der Waals surface area contributed by atoms with Crippen LogP contribution in [-0.4, -0.2) is 17.0 Å². The maximum Gasteiger partial charge on any atom is 0.341 e. The van der Waals surface area contributed by atoms with Gasteiger partial charge in [-0.1, -0.05) is 41.9 Å². The molecule has 5 nitrogen and oxygen atoms in total. The third kappa shape index (κ3) is 2.50. The van der Waals surface area contributed by atoms with Crippen LogP contribution in [0, 0.1) is 0 Å². The standard InChI is InChI=1S/C18H19NO4S/c1-22-15(11-5-3-2-4-6-11)18(21)23-10-19-17(20)14-12-7-8-13(9-12)16(14)24-19/h2-6,12-13,15H,7-10H2,1H3. The summed E-state index contributed by atoms with van der Waals surface area (Å²) < 4.78 is 12.2. The van der Waals surface area contributed by atoms with Gasteiger partial charge in [-0.2, -0.15) is 0 Å². The summed E-state index contributed by atoms with van der Waals surface area (Å²) in [5.41, 5.74) is 1.73. The van der Waals surface area contributed by atoms with E-state index < -0.39 is 12.1 Å². The second-order valence-electron chi connectivity index (χ2n) is 6.38. The Morgan fingerprint density at radius 3 is 2.75 bits per heavy atom. The summed E-state index contributed by atoms with van der Waals surface area (Å²) in [5.74, 6) is 0.476. The highest BCUT2D eigenvalue weighted by Crippen LogP contribution is 2.53. The zero-order valence-electron chi connectivity index (χ0n) is 13.4. The number of carbonyl (C=O) groups excluding carboxylic acids is 1. The zero-order valence-corrected chi connectivity index (χ0v) is 14.3. The Labute approximate surface area is 144 Å². The molecule has 1 aromatic carbocycles. The molecule has 2 aliphatic carbocycles. The number of carbonyl (C=O) groups is 1. The molecule has 3 unspecified atom stereocenters. The molecular formula is C18H19NO4S. The maximum atomic E-state index is 12.5. The molecule has 0 N–H and O–H groups in total. The number of aromatic nitrogens is 1. The van der Waals surface area contributed by atoms with Crippen LogP contribution >= 0.6 is 11.5 Å². The first kappa shape index (κ1) is 15.6. The van der Waals surface area contributed by atoms with Gasteiger partial charge in [0.2, 0.25) is 0 Å². The quantitative estimate of drug-likeness (QED) is 0.781. The molecule has 2 bridgehead atoms. The number of nitrogens with zero attached hydrogens (tertiary/aromatic N) is 1. The topological polar surface area (TPSA) is 57.5 Å². The van der Waals surface area contributed by atoms with E-state index in [0.29, 0.717) is 11.8 Å². The third-order valence-electron chi connectivity index (χ3n) is 5.02. The van der Waals surface area contributed by atoms with Gasteiger partial charge in [-0.25, -0.2) is 8.75 Å². The van der Waals surface area contributed by atoms with E-state index in [0.717, 1.165) is 24.0 Å². The molecule has 6 heteroatoms. The number of rotatable bonds is 5. The molecule has 0 aliphatic heterocycles. The van der Waals surface area contributed by atoms with Gasteiger partial charge in [-0.15, -0.1) is 0 Å². The predicted molar refractivity (Wildman–Crippen MR) is 90.2 cm³/mol. The fourth-order valence-electron chi connectivity index (χ4n) is 3.88. The summed E-state index contributed by atoms with van der Waals surface area (Å²) in [6, 6.07) is 9.21. The van der Waals surface area contributed by atoms with Gasteiger partial charge < -0.3 is 9.47 Å². The Balaban J connectivity index is 1.48. The van der Waals surface area contributed by atoms with Crippen molar-refractivity contribution in [2.75, 3.05) is 7.11 Å². The second-order valence-corrected chi connectivity index (χ2v) is 7.44. The average molecular weight is 345 g/mol. The van der Waals surface area contributed by atoms with Gasteiger partial charge in [-0.3, -0.25) is 4.79 Å². The predicted octanol–water partition coefficient (Wildman–Crippen LogP) is 3.16. The minimum atomic E-state index is -0.773. The maximum absolute atomic E-state index is 12.5. The molecule has 1 saturated carbocycles. The fourth-order valence-corrected chi connectivity index (χ4v) is 5.12. The van der Waals surface area contributed by atoms with Gasteiger partial charge in [-0.05, 0) is 36.7 Å². The zero-order chi connectivity index (χ0) is 16.7. The number of methoxy groups -OCH3 is 1. The molecule has 0 saturated heterocycles. The highest BCUT2D eigenvalue weighted by Gasteiger charge is 2.41. The lowest BCUT2D eigenvalue weighted by Crippen LogP contribution is -2.23. The van der Waals surface area contributed by atoms with Crippen LogP contribution in [0.4, 0.5) is 0 Å². The van der Waals surface area contributed by atoms with E-state index in [2.05, 4.69) is 0 Å². The van der Waals surface area contributed by atoms with Gasteiger partial charge in [0.25, 0.3) is 5.56 Å². The SMILES string of the molecule is COC(C(=O)OCn1sc2c(c1=O)C1CCC2C1)c1ccccc1. The van der Waals surface area contributed by atoms with Gasteiger partial charge in [0, 0.05) is 17.6 Å². The minimum absolute atomic E-state index is 0.0173. The van der Waals surface area contributed by atoms with Crippen molar-refractivity contribution >= 4 is 17.5 Å². The number of benzene rings is 1. The second kappa shape index (κ2) is 6.18. The molecule has 2 aliphatic rings. The van der Waals surface area contributed by atoms with Crippen LogP contribution < -0.4 is 5.56 Å². The average Bonchev–Trinajstić information content (AvgIpc) is 3.28. The normalized spacial score (nSPS) is 22.4. The van der Waals surface area contributed by atoms with Crippen LogP contribution in [0.3, 0.4) is 0 Å². The van der Waals surface area contributed by atoms with Gasteiger partial charge >= 0.3 is 5.97 Å². The molecular weight excluding hydrogens is 326 g/mol. The molecule has 4 rings (SSSR count). The molecule has 1 aromatic heterocycles. The summed E-state index contributed by atoms with van der Waals surface area (Å²) in [4.78, 5) is 26.0. The number of esters is 1. The van der Waals surface area contributed by atoms with E-state index in [1.165, 1.54) is 29.9 Å².